The fourth-order valence-corrected chi connectivity index (χ4v) is 0.257. The Labute approximate surface area is 76.9 Å². The zero-order valence-corrected chi connectivity index (χ0v) is 7.46. The molecule has 0 aromatic heterocycles. The maximum Gasteiger partial charge on any atom is 0.155 e. The Morgan fingerprint density at radius 3 is 1.69 bits per heavy atom. The number of aliphatic hydroxyl groups excluding tert-OH is 5. The summed E-state index contributed by atoms with van der Waals surface area (Å²) >= 11 is 0. The summed E-state index contributed by atoms with van der Waals surface area (Å²) in [6, 6.07) is 0. The van der Waals surface area contributed by atoms with E-state index in [1.165, 1.54) is 19.1 Å². The van der Waals surface area contributed by atoms with Crippen LogP contribution in [-0.2, 0) is 0 Å². The van der Waals surface area contributed by atoms with Gasteiger partial charge in [-0.3, -0.25) is 0 Å². The van der Waals surface area contributed by atoms with Crippen molar-refractivity contribution in [3.05, 3.63) is 24.2 Å². The lowest BCUT2D eigenvalue weighted by molar-refractivity contribution is 0.161. The molecule has 0 saturated carbocycles. The van der Waals surface area contributed by atoms with E-state index in [0.29, 0.717) is 6.26 Å². The Hall–Kier alpha value is -1.04. The van der Waals surface area contributed by atoms with Gasteiger partial charge in [-0.05, 0) is 6.92 Å². The second kappa shape index (κ2) is 11.0. The normalized spacial score (nSPS) is 13.7. The van der Waals surface area contributed by atoms with Crippen molar-refractivity contribution in [2.45, 2.75) is 13.0 Å². The van der Waals surface area contributed by atoms with Crippen LogP contribution < -0.4 is 0 Å². The quantitative estimate of drug-likeness (QED) is 0.316. The topological polar surface area (TPSA) is 101 Å². The highest BCUT2D eigenvalue weighted by Gasteiger charge is 1.97. The second-order valence-corrected chi connectivity index (χ2v) is 2.07. The van der Waals surface area contributed by atoms with E-state index in [1.807, 2.05) is 0 Å². The molecule has 0 amide bonds. The zero-order chi connectivity index (χ0) is 10.7. The fraction of sp³-hybridized carbons (Fsp3) is 0.500. The molecule has 5 N–H and O–H groups in total. The van der Waals surface area contributed by atoms with Gasteiger partial charge < -0.3 is 25.5 Å². The van der Waals surface area contributed by atoms with E-state index >= 15 is 0 Å². The van der Waals surface area contributed by atoms with Crippen LogP contribution in [-0.4, -0.2) is 44.9 Å². The van der Waals surface area contributed by atoms with E-state index in [0.717, 1.165) is 0 Å². The fourth-order valence-electron chi connectivity index (χ4n) is 0.257. The van der Waals surface area contributed by atoms with Crippen LogP contribution in [0.15, 0.2) is 24.2 Å². The highest BCUT2D eigenvalue weighted by molar-refractivity contribution is 4.88. The lowest BCUT2D eigenvalue weighted by Gasteiger charge is -1.97. The molecule has 0 aromatic carbocycles. The van der Waals surface area contributed by atoms with Crippen molar-refractivity contribution in [1.29, 1.82) is 0 Å². The molecule has 0 heterocycles. The SMILES string of the molecule is CC(O)/C(O)=C\O.OCC=CCO. The Morgan fingerprint density at radius 1 is 1.23 bits per heavy atom. The maximum atomic E-state index is 8.34. The number of aliphatic hydroxyl groups is 5. The van der Waals surface area contributed by atoms with Crippen LogP contribution in [0.3, 0.4) is 0 Å². The summed E-state index contributed by atoms with van der Waals surface area (Å²) in [4.78, 5) is 0. The van der Waals surface area contributed by atoms with Gasteiger partial charge in [0.05, 0.1) is 13.2 Å². The van der Waals surface area contributed by atoms with Crippen molar-refractivity contribution in [3.8, 4) is 0 Å². The van der Waals surface area contributed by atoms with Crippen LogP contribution in [0.4, 0.5) is 0 Å². The van der Waals surface area contributed by atoms with Gasteiger partial charge in [-0.1, -0.05) is 12.2 Å². The monoisotopic (exact) mass is 192 g/mol. The van der Waals surface area contributed by atoms with E-state index in [4.69, 9.17) is 25.5 Å². The van der Waals surface area contributed by atoms with Gasteiger partial charge in [-0.2, -0.15) is 0 Å². The molecule has 1 unspecified atom stereocenters. The summed E-state index contributed by atoms with van der Waals surface area (Å²) in [6.07, 6.45) is 2.47. The van der Waals surface area contributed by atoms with E-state index in [1.54, 1.807) is 0 Å². The molecule has 78 valence electrons. The molecule has 13 heavy (non-hydrogen) atoms. The van der Waals surface area contributed by atoms with Crippen LogP contribution in [0.5, 0.6) is 0 Å². The average molecular weight is 192 g/mol. The van der Waals surface area contributed by atoms with Crippen LogP contribution >= 0.6 is 0 Å². The van der Waals surface area contributed by atoms with Crippen LogP contribution in [0, 0.1) is 0 Å². The van der Waals surface area contributed by atoms with E-state index in [9.17, 15) is 0 Å². The minimum Gasteiger partial charge on any atom is -0.512 e. The lowest BCUT2D eigenvalue weighted by atomic mass is 10.4. The minimum absolute atomic E-state index is 0.0144. The molecular weight excluding hydrogens is 176 g/mol. The first-order valence-electron chi connectivity index (χ1n) is 3.68. The molecule has 5 nitrogen and oxygen atoms in total. The van der Waals surface area contributed by atoms with Crippen LogP contribution in [0.1, 0.15) is 6.92 Å². The first kappa shape index (κ1) is 14.5. The Balaban J connectivity index is 0. The third-order valence-corrected chi connectivity index (χ3v) is 0.938. The minimum atomic E-state index is -0.968. The molecule has 1 atom stereocenters. The molecule has 0 aliphatic heterocycles. The van der Waals surface area contributed by atoms with E-state index < -0.39 is 11.9 Å². The van der Waals surface area contributed by atoms with Crippen molar-refractivity contribution < 1.29 is 25.5 Å². The van der Waals surface area contributed by atoms with Gasteiger partial charge in [0.1, 0.15) is 12.4 Å². The second-order valence-electron chi connectivity index (χ2n) is 2.07. The highest BCUT2D eigenvalue weighted by atomic mass is 16.3. The zero-order valence-electron chi connectivity index (χ0n) is 7.46. The Bertz CT molecular complexity index is 145. The molecule has 0 rings (SSSR count). The standard InChI is InChI=1S/C4H8O3.C4H8O2/c1-3(6)4(7)2-5;5-3-1-2-4-6/h2-3,5-7H,1H3;1-2,5-6H,3-4H2/b4-2+;. The largest absolute Gasteiger partial charge is 0.512 e. The number of hydrogen-bond donors (Lipinski definition) is 5. The van der Waals surface area contributed by atoms with Gasteiger partial charge in [0.15, 0.2) is 5.76 Å². The van der Waals surface area contributed by atoms with Gasteiger partial charge in [0, 0.05) is 0 Å². The van der Waals surface area contributed by atoms with Gasteiger partial charge >= 0.3 is 0 Å². The molecule has 0 spiro atoms. The predicted molar refractivity (Wildman–Crippen MR) is 48.3 cm³/mol. The summed E-state index contributed by atoms with van der Waals surface area (Å²) in [5.41, 5.74) is 0. The van der Waals surface area contributed by atoms with Gasteiger partial charge in [-0.25, -0.2) is 0 Å². The summed E-state index contributed by atoms with van der Waals surface area (Å²) in [6.45, 7) is 1.38. The van der Waals surface area contributed by atoms with Gasteiger partial charge in [0.2, 0.25) is 0 Å². The molecule has 0 aliphatic rings. The van der Waals surface area contributed by atoms with E-state index in [2.05, 4.69) is 0 Å². The van der Waals surface area contributed by atoms with Crippen molar-refractivity contribution in [1.82, 2.24) is 0 Å². The molecule has 0 saturated heterocycles. The predicted octanol–water partition coefficient (Wildman–Crippen LogP) is -0.148. The lowest BCUT2D eigenvalue weighted by Crippen LogP contribution is -2.02. The average Bonchev–Trinajstić information content (AvgIpc) is 2.14. The van der Waals surface area contributed by atoms with Crippen molar-refractivity contribution in [2.75, 3.05) is 13.2 Å². The first-order chi connectivity index (χ1) is 6.09. The molecule has 0 bridgehead atoms. The molecule has 0 radical (unpaired) electrons. The van der Waals surface area contributed by atoms with Crippen molar-refractivity contribution in [2.24, 2.45) is 0 Å². The molecule has 0 fully saturated rings. The summed E-state index contributed by atoms with van der Waals surface area (Å²) in [7, 11) is 0. The molecular formula is C8H16O5. The summed E-state index contributed by atoms with van der Waals surface area (Å²) in [5.74, 6) is -0.417. The van der Waals surface area contributed by atoms with Gasteiger partial charge in [-0.15, -0.1) is 0 Å². The summed E-state index contributed by atoms with van der Waals surface area (Å²) in [5, 5.41) is 40.6. The molecule has 5 heteroatoms. The van der Waals surface area contributed by atoms with E-state index in [-0.39, 0.29) is 13.2 Å². The van der Waals surface area contributed by atoms with Crippen molar-refractivity contribution in [3.63, 3.8) is 0 Å². The smallest absolute Gasteiger partial charge is 0.155 e. The number of rotatable bonds is 3. The highest BCUT2D eigenvalue weighted by Crippen LogP contribution is 1.91. The molecule has 0 aromatic rings. The summed E-state index contributed by atoms with van der Waals surface area (Å²) < 4.78 is 0. The first-order valence-corrected chi connectivity index (χ1v) is 3.68. The Kier molecular flexibility index (Phi) is 12.2. The third-order valence-electron chi connectivity index (χ3n) is 0.938. The van der Waals surface area contributed by atoms with Gasteiger partial charge in [0.25, 0.3) is 0 Å². The van der Waals surface area contributed by atoms with Crippen LogP contribution in [0.25, 0.3) is 0 Å². The number of hydrogen-bond acceptors (Lipinski definition) is 5. The maximum absolute atomic E-state index is 8.34. The Morgan fingerprint density at radius 2 is 1.62 bits per heavy atom. The van der Waals surface area contributed by atoms with Crippen molar-refractivity contribution >= 4 is 0 Å². The van der Waals surface area contributed by atoms with Crippen LogP contribution in [0.2, 0.25) is 0 Å². The molecule has 0 aliphatic carbocycles. The third kappa shape index (κ3) is 13.9.